The lowest BCUT2D eigenvalue weighted by molar-refractivity contribution is 0.149. The molecule has 0 amide bonds. The first-order valence-corrected chi connectivity index (χ1v) is 48.9. The molecule has 0 aromatic carbocycles. The summed E-state index contributed by atoms with van der Waals surface area (Å²) in [5.74, 6) is 0. The number of likely N-dealkylation sites (N-methyl/N-ethyl adjacent to an activating group) is 1. The minimum absolute atomic E-state index is 1.16. The molecule has 0 fully saturated rings. The van der Waals surface area contributed by atoms with Crippen LogP contribution in [0.25, 0.3) is 0 Å². The van der Waals surface area contributed by atoms with Crippen LogP contribution in [0.3, 0.4) is 0 Å². The number of nitrogens with one attached hydrogen (secondary N) is 1. The van der Waals surface area contributed by atoms with Crippen molar-refractivity contribution in [3.8, 4) is 0 Å². The summed E-state index contributed by atoms with van der Waals surface area (Å²) in [6.07, 6.45) is 103. The molecule has 0 aliphatic heterocycles. The maximum atomic E-state index is 3.99. The van der Waals surface area contributed by atoms with E-state index < -0.39 is 0 Å². The zero-order chi connectivity index (χ0) is 73.5. The number of nitrogens with zero attached hydrogens (tertiary/aromatic N) is 5. The first kappa shape index (κ1) is 102. The number of hydrogen-bond acceptors (Lipinski definition) is 6. The average Bonchev–Trinajstić information content (AvgIpc) is 1.16. The fourth-order valence-electron chi connectivity index (χ4n) is 16.2. The maximum absolute atomic E-state index is 3.99. The lowest BCUT2D eigenvalue weighted by Crippen LogP contribution is -2.44. The molecular formula is C96H200N6. The van der Waals surface area contributed by atoms with Crippen molar-refractivity contribution < 1.29 is 0 Å². The van der Waals surface area contributed by atoms with Crippen LogP contribution in [-0.2, 0) is 0 Å². The molecule has 0 heterocycles. The molecule has 6 nitrogen and oxygen atoms in total. The van der Waals surface area contributed by atoms with E-state index >= 15 is 0 Å². The fourth-order valence-corrected chi connectivity index (χ4v) is 16.2. The Labute approximate surface area is 648 Å². The smallest absolute Gasteiger partial charge is 0.0110 e. The standard InChI is InChI=1S/C96H200N6/c1-8-15-21-27-33-39-45-51-57-63-69-75-81-97-82-88-99(84-77-71-65-59-53-47-41-35-29-23-17-10-3)91-92-101(86-79-73-67-61-55-49-43-37-31-25-19-12-5)95-96-102(87-80-74-68-62-56-50-44-38-32-26-20-13-6)94-93-100(85-78-72-66-60-54-48-42-36-30-24-18-11-4)90-89-98(14-7)83-76-70-64-58-52-46-40-34-28-22-16-9-2/h97H,8-96H2,1-7H3. The van der Waals surface area contributed by atoms with Crippen molar-refractivity contribution in [3.63, 3.8) is 0 Å². The number of hydrogen-bond donors (Lipinski definition) is 1. The summed E-state index contributed by atoms with van der Waals surface area (Å²) in [6, 6.07) is 0. The van der Waals surface area contributed by atoms with Gasteiger partial charge in [-0.3, -0.25) is 0 Å². The molecular weight excluding hydrogens is 1240 g/mol. The van der Waals surface area contributed by atoms with E-state index in [-0.39, 0.29) is 0 Å². The Balaban J connectivity index is 6.33. The van der Waals surface area contributed by atoms with E-state index in [1.807, 2.05) is 0 Å². The minimum Gasteiger partial charge on any atom is -0.315 e. The molecule has 0 atom stereocenters. The Hall–Kier alpha value is -0.240. The Morgan fingerprint density at radius 3 is 0.431 bits per heavy atom. The van der Waals surface area contributed by atoms with Gasteiger partial charge in [-0.1, -0.05) is 472 Å². The highest BCUT2D eigenvalue weighted by atomic mass is 15.2. The fraction of sp³-hybridized carbons (Fsp3) is 1.00. The number of rotatable bonds is 94. The summed E-state index contributed by atoms with van der Waals surface area (Å²) in [4.78, 5) is 14.7. The van der Waals surface area contributed by atoms with Gasteiger partial charge in [0, 0.05) is 65.4 Å². The van der Waals surface area contributed by atoms with E-state index in [1.54, 1.807) is 0 Å². The molecule has 0 saturated carbocycles. The molecule has 0 aliphatic carbocycles. The van der Waals surface area contributed by atoms with Gasteiger partial charge < -0.3 is 29.8 Å². The lowest BCUT2D eigenvalue weighted by atomic mass is 10.1. The van der Waals surface area contributed by atoms with Gasteiger partial charge in [0.2, 0.25) is 0 Å². The Morgan fingerprint density at radius 2 is 0.255 bits per heavy atom. The Morgan fingerprint density at radius 1 is 0.118 bits per heavy atom. The van der Waals surface area contributed by atoms with Crippen LogP contribution in [0.2, 0.25) is 0 Å². The van der Waals surface area contributed by atoms with Gasteiger partial charge in [-0.05, 0) is 84.3 Å². The molecule has 0 aromatic rings. The molecule has 0 aromatic heterocycles. The monoisotopic (exact) mass is 1440 g/mol. The van der Waals surface area contributed by atoms with E-state index in [2.05, 4.69) is 78.3 Å². The quantitative estimate of drug-likeness (QED) is 0.0610. The van der Waals surface area contributed by atoms with Gasteiger partial charge in [0.15, 0.2) is 0 Å². The second-order valence-electron chi connectivity index (χ2n) is 33.9. The van der Waals surface area contributed by atoms with Crippen LogP contribution in [0.15, 0.2) is 0 Å². The van der Waals surface area contributed by atoms with Crippen molar-refractivity contribution in [3.05, 3.63) is 0 Å². The van der Waals surface area contributed by atoms with Crippen molar-refractivity contribution in [2.75, 3.05) is 111 Å². The van der Waals surface area contributed by atoms with Gasteiger partial charge in [-0.2, -0.15) is 0 Å². The molecule has 1 N–H and O–H groups in total. The highest BCUT2D eigenvalue weighted by molar-refractivity contribution is 4.73. The van der Waals surface area contributed by atoms with Gasteiger partial charge in [0.05, 0.1) is 0 Å². The maximum Gasteiger partial charge on any atom is 0.0110 e. The third-order valence-electron chi connectivity index (χ3n) is 23.8. The van der Waals surface area contributed by atoms with Crippen LogP contribution < -0.4 is 5.32 Å². The van der Waals surface area contributed by atoms with E-state index in [4.69, 9.17) is 0 Å². The molecule has 6 heteroatoms. The Bertz CT molecular complexity index is 1440. The topological polar surface area (TPSA) is 28.2 Å². The van der Waals surface area contributed by atoms with Crippen molar-refractivity contribution in [2.24, 2.45) is 0 Å². The summed E-state index contributed by atoms with van der Waals surface area (Å²) < 4.78 is 0. The first-order valence-electron chi connectivity index (χ1n) is 48.9. The zero-order valence-corrected chi connectivity index (χ0v) is 72.7. The van der Waals surface area contributed by atoms with E-state index in [0.29, 0.717) is 0 Å². The van der Waals surface area contributed by atoms with E-state index in [0.717, 1.165) is 6.54 Å². The largest absolute Gasteiger partial charge is 0.315 e. The summed E-state index contributed by atoms with van der Waals surface area (Å²) in [6.45, 7) is 37.8. The van der Waals surface area contributed by atoms with Crippen LogP contribution in [0.1, 0.15) is 511 Å². The lowest BCUT2D eigenvalue weighted by Gasteiger charge is -2.32. The molecule has 614 valence electrons. The molecule has 0 unspecified atom stereocenters. The van der Waals surface area contributed by atoms with Crippen molar-refractivity contribution in [2.45, 2.75) is 511 Å². The van der Waals surface area contributed by atoms with Gasteiger partial charge in [-0.15, -0.1) is 0 Å². The predicted octanol–water partition coefficient (Wildman–Crippen LogP) is 30.3. The molecule has 0 bridgehead atoms. The molecule has 0 radical (unpaired) electrons. The van der Waals surface area contributed by atoms with Crippen LogP contribution in [0.5, 0.6) is 0 Å². The van der Waals surface area contributed by atoms with E-state index in [9.17, 15) is 0 Å². The molecule has 0 spiro atoms. The van der Waals surface area contributed by atoms with Gasteiger partial charge >= 0.3 is 0 Å². The molecule has 102 heavy (non-hydrogen) atoms. The summed E-state index contributed by atoms with van der Waals surface area (Å²) in [5, 5.41) is 3.99. The molecule has 0 saturated heterocycles. The van der Waals surface area contributed by atoms with Gasteiger partial charge in [0.25, 0.3) is 0 Å². The molecule has 0 aliphatic rings. The SMILES string of the molecule is CCCCCCCCCCCCCCNCCN(CCCCCCCCCCCCCC)CCN(CCCCCCCCCCCCCC)CCN(CCCCCCCCCCCCCC)CCN(CCCCCCCCCCCCCC)CCN(CC)CCCCCCCCCCCCCC. The van der Waals surface area contributed by atoms with Crippen LogP contribution >= 0.6 is 0 Å². The summed E-state index contributed by atoms with van der Waals surface area (Å²) in [5.41, 5.74) is 0. The summed E-state index contributed by atoms with van der Waals surface area (Å²) >= 11 is 0. The highest BCUT2D eigenvalue weighted by Gasteiger charge is 2.16. The second kappa shape index (κ2) is 91.4. The van der Waals surface area contributed by atoms with E-state index in [1.165, 1.54) is 567 Å². The van der Waals surface area contributed by atoms with Crippen molar-refractivity contribution in [1.82, 2.24) is 29.8 Å². The van der Waals surface area contributed by atoms with Crippen LogP contribution in [0.4, 0.5) is 0 Å². The predicted molar refractivity (Wildman–Crippen MR) is 467 cm³/mol. The van der Waals surface area contributed by atoms with Gasteiger partial charge in [-0.25, -0.2) is 0 Å². The first-order chi connectivity index (χ1) is 50.6. The summed E-state index contributed by atoms with van der Waals surface area (Å²) in [7, 11) is 0. The van der Waals surface area contributed by atoms with Gasteiger partial charge in [0.1, 0.15) is 0 Å². The minimum atomic E-state index is 1.16. The van der Waals surface area contributed by atoms with Crippen LogP contribution in [-0.4, -0.2) is 136 Å². The third kappa shape index (κ3) is 82.3. The zero-order valence-electron chi connectivity index (χ0n) is 72.7. The second-order valence-corrected chi connectivity index (χ2v) is 33.9. The van der Waals surface area contributed by atoms with Crippen molar-refractivity contribution in [1.29, 1.82) is 0 Å². The highest BCUT2D eigenvalue weighted by Crippen LogP contribution is 2.20. The average molecular weight is 1440 g/mol. The van der Waals surface area contributed by atoms with Crippen molar-refractivity contribution >= 4 is 0 Å². The number of unbranched alkanes of at least 4 members (excludes halogenated alkanes) is 66. The molecule has 0 rings (SSSR count). The van der Waals surface area contributed by atoms with Crippen LogP contribution in [0, 0.1) is 0 Å². The Kier molecular flexibility index (Phi) is 91.2. The third-order valence-corrected chi connectivity index (χ3v) is 23.8. The normalized spacial score (nSPS) is 12.1.